The van der Waals surface area contributed by atoms with Gasteiger partial charge in [-0.05, 0) is 11.1 Å². The highest BCUT2D eigenvalue weighted by Crippen LogP contribution is 2.10. The van der Waals surface area contributed by atoms with Crippen molar-refractivity contribution in [2.24, 2.45) is 0 Å². The fourth-order valence-electron chi connectivity index (χ4n) is 1.28. The minimum atomic E-state index is -2.56. The second kappa shape index (κ2) is 5.32. The Morgan fingerprint density at radius 1 is 1.44 bits per heavy atom. The van der Waals surface area contributed by atoms with Gasteiger partial charge in [-0.25, -0.2) is 0 Å². The molecule has 1 aliphatic heterocycles. The third kappa shape index (κ3) is 2.74. The zero-order chi connectivity index (χ0) is 16.8. The van der Waals surface area contributed by atoms with Crippen molar-refractivity contribution >= 4 is 17.5 Å². The fraction of sp³-hybridized carbons (Fsp3) is 0.417. The third-order valence-corrected chi connectivity index (χ3v) is 2.30. The van der Waals surface area contributed by atoms with Gasteiger partial charge in [0.1, 0.15) is 6.56 Å². The van der Waals surface area contributed by atoms with Gasteiger partial charge in [0.15, 0.2) is 0 Å². The van der Waals surface area contributed by atoms with Crippen molar-refractivity contribution in [3.63, 3.8) is 0 Å². The average molecular weight is 246 g/mol. The van der Waals surface area contributed by atoms with Crippen LogP contribution in [-0.2, 0) is 21.9 Å². The number of benzene rings is 1. The fourth-order valence-corrected chi connectivity index (χ4v) is 1.40. The van der Waals surface area contributed by atoms with Gasteiger partial charge in [0.05, 0.1) is 12.1 Å². The molecule has 1 amide bonds. The van der Waals surface area contributed by atoms with Gasteiger partial charge in [-0.15, -0.1) is 11.6 Å². The number of alkyl halides is 1. The first-order valence-corrected chi connectivity index (χ1v) is 5.10. The largest absolute Gasteiger partial charge is 0.370 e. The molecule has 3 nitrogen and oxygen atoms in total. The van der Waals surface area contributed by atoms with Crippen molar-refractivity contribution in [2.75, 3.05) is 19.7 Å². The predicted octanol–water partition coefficient (Wildman–Crippen LogP) is 1.78. The summed E-state index contributed by atoms with van der Waals surface area (Å²) in [6.07, 6.45) is 0. The molecule has 0 saturated carbocycles. The van der Waals surface area contributed by atoms with Crippen LogP contribution in [0.15, 0.2) is 24.3 Å². The number of hydrogen-bond acceptors (Lipinski definition) is 2. The molecule has 0 aromatic heterocycles. The highest BCUT2D eigenvalue weighted by Gasteiger charge is 2.18. The molecule has 1 saturated heterocycles. The lowest BCUT2D eigenvalue weighted by atomic mass is 10.1. The van der Waals surface area contributed by atoms with Gasteiger partial charge in [-0.2, -0.15) is 0 Å². The minimum Gasteiger partial charge on any atom is -0.370 e. The number of carbonyl (C=O) groups is 1. The maximum atomic E-state index is 12.0. The maximum absolute atomic E-state index is 12.0. The predicted molar refractivity (Wildman–Crippen MR) is 62.2 cm³/mol. The molecule has 86 valence electrons. The van der Waals surface area contributed by atoms with E-state index < -0.39 is 24.8 Å². The van der Waals surface area contributed by atoms with Gasteiger partial charge in [0.25, 0.3) is 0 Å². The Hall–Kier alpha value is -1.06. The lowest BCUT2D eigenvalue weighted by molar-refractivity contribution is -0.143. The zero-order valence-electron chi connectivity index (χ0n) is 14.4. The molecule has 1 heterocycles. The first kappa shape index (κ1) is 6.03. The van der Waals surface area contributed by atoms with Crippen LogP contribution in [0, 0.1) is 0 Å². The molecule has 16 heavy (non-hydrogen) atoms. The van der Waals surface area contributed by atoms with Gasteiger partial charge in [0, 0.05) is 21.6 Å². The van der Waals surface area contributed by atoms with E-state index in [0.717, 1.165) is 4.90 Å². The Morgan fingerprint density at radius 2 is 2.12 bits per heavy atom. The van der Waals surface area contributed by atoms with E-state index in [-0.39, 0.29) is 24.3 Å². The van der Waals surface area contributed by atoms with Gasteiger partial charge in [-0.3, -0.25) is 4.79 Å². The average Bonchev–Trinajstić information content (AvgIpc) is 2.41. The van der Waals surface area contributed by atoms with Gasteiger partial charge in [0.2, 0.25) is 5.91 Å². The molecule has 0 radical (unpaired) electrons. The van der Waals surface area contributed by atoms with Crippen LogP contribution in [0.1, 0.15) is 19.4 Å². The molecule has 0 N–H and O–H groups in total. The Labute approximate surface area is 108 Å². The molecule has 1 fully saturated rings. The summed E-state index contributed by atoms with van der Waals surface area (Å²) >= 11 is 5.54. The van der Waals surface area contributed by atoms with E-state index in [0.29, 0.717) is 0 Å². The van der Waals surface area contributed by atoms with E-state index in [9.17, 15) is 4.79 Å². The maximum Gasteiger partial charge on any atom is 0.248 e. The van der Waals surface area contributed by atoms with Crippen molar-refractivity contribution in [1.82, 2.24) is 4.90 Å². The summed E-state index contributed by atoms with van der Waals surface area (Å²) in [5.74, 6) is -3.15. The standard InChI is InChI=1S/C12H14ClNO2/c13-7-10-1-3-11(4-2-10)8-14-5-6-16-9-12(14)15/h1-4H,5-9H2/i7D2,8D2,9D2. The highest BCUT2D eigenvalue weighted by molar-refractivity contribution is 6.17. The monoisotopic (exact) mass is 245 g/mol. The molecule has 0 bridgehead atoms. The molecule has 0 atom stereocenters. The van der Waals surface area contributed by atoms with E-state index in [4.69, 9.17) is 24.6 Å². The van der Waals surface area contributed by atoms with Crippen LogP contribution in [-0.4, -0.2) is 30.5 Å². The number of ether oxygens (including phenoxy) is 1. The Bertz CT molecular complexity index is 572. The van der Waals surface area contributed by atoms with Crippen molar-refractivity contribution in [3.05, 3.63) is 35.4 Å². The molecule has 1 aromatic rings. The van der Waals surface area contributed by atoms with E-state index in [1.54, 1.807) is 0 Å². The number of morpholine rings is 1. The second-order valence-corrected chi connectivity index (χ2v) is 3.38. The van der Waals surface area contributed by atoms with Crippen LogP contribution >= 0.6 is 11.6 Å². The third-order valence-electron chi connectivity index (χ3n) is 2.08. The molecule has 0 aliphatic carbocycles. The molecular formula is C12H14ClNO2. The van der Waals surface area contributed by atoms with Crippen molar-refractivity contribution in [3.8, 4) is 0 Å². The number of halogens is 1. The van der Waals surface area contributed by atoms with Crippen LogP contribution in [0.5, 0.6) is 0 Å². The molecule has 0 spiro atoms. The first-order chi connectivity index (χ1) is 9.96. The highest BCUT2D eigenvalue weighted by atomic mass is 35.5. The Kier molecular flexibility index (Phi) is 2.01. The first-order valence-electron chi connectivity index (χ1n) is 7.72. The van der Waals surface area contributed by atoms with Crippen LogP contribution in [0.2, 0.25) is 0 Å². The van der Waals surface area contributed by atoms with Crippen LogP contribution in [0.4, 0.5) is 0 Å². The normalized spacial score (nSPS) is 27.1. The van der Waals surface area contributed by atoms with Crippen LogP contribution < -0.4 is 0 Å². The molecule has 4 heteroatoms. The summed E-state index contributed by atoms with van der Waals surface area (Å²) in [4.78, 5) is 12.8. The summed E-state index contributed by atoms with van der Waals surface area (Å²) in [7, 11) is 0. The number of carbonyl (C=O) groups excluding carboxylic acids is 1. The summed E-state index contributed by atoms with van der Waals surface area (Å²) in [5.41, 5.74) is 0.264. The molecule has 1 aliphatic rings. The van der Waals surface area contributed by atoms with E-state index in [1.807, 2.05) is 0 Å². The second-order valence-electron chi connectivity index (χ2n) is 3.19. The number of hydrogen-bond donors (Lipinski definition) is 0. The number of rotatable bonds is 3. The van der Waals surface area contributed by atoms with Gasteiger partial charge >= 0.3 is 0 Å². The van der Waals surface area contributed by atoms with Crippen molar-refractivity contribution < 1.29 is 17.8 Å². The quantitative estimate of drug-likeness (QED) is 0.760. The Morgan fingerprint density at radius 3 is 2.81 bits per heavy atom. The smallest absolute Gasteiger partial charge is 0.248 e. The molecule has 0 unspecified atom stereocenters. The van der Waals surface area contributed by atoms with Gasteiger partial charge < -0.3 is 9.64 Å². The number of nitrogens with zero attached hydrogens (tertiary/aromatic N) is 1. The topological polar surface area (TPSA) is 29.5 Å². The lowest BCUT2D eigenvalue weighted by Gasteiger charge is -2.26. The van der Waals surface area contributed by atoms with E-state index in [1.165, 1.54) is 24.3 Å². The SMILES string of the molecule is [2H]C1([2H])OCCN(C([2H])([2H])c2ccc(C([2H])([2H])Cl)cc2)C1=O. The minimum absolute atomic E-state index is 0.0799. The number of amides is 1. The molecule has 2 rings (SSSR count). The zero-order valence-corrected chi connectivity index (χ0v) is 9.12. The summed E-state index contributed by atoms with van der Waals surface area (Å²) < 4.78 is 50.6. The summed E-state index contributed by atoms with van der Waals surface area (Å²) in [5, 5.41) is 0. The van der Waals surface area contributed by atoms with Crippen molar-refractivity contribution in [1.29, 1.82) is 0 Å². The van der Waals surface area contributed by atoms with Crippen LogP contribution in [0.25, 0.3) is 0 Å². The van der Waals surface area contributed by atoms with E-state index in [2.05, 4.69) is 0 Å². The Balaban J connectivity index is 2.32. The molecule has 1 aromatic carbocycles. The van der Waals surface area contributed by atoms with Crippen molar-refractivity contribution in [2.45, 2.75) is 12.3 Å². The lowest BCUT2D eigenvalue weighted by Crippen LogP contribution is -2.40. The molecular weight excluding hydrogens is 226 g/mol. The van der Waals surface area contributed by atoms with Gasteiger partial charge in [-0.1, -0.05) is 24.3 Å². The van der Waals surface area contributed by atoms with E-state index >= 15 is 0 Å². The summed E-state index contributed by atoms with van der Waals surface area (Å²) in [6, 6.07) is 5.32. The van der Waals surface area contributed by atoms with Crippen LogP contribution in [0.3, 0.4) is 0 Å². The summed E-state index contributed by atoms with van der Waals surface area (Å²) in [6.45, 7) is -4.99.